The van der Waals surface area contributed by atoms with Crippen molar-refractivity contribution in [1.82, 2.24) is 4.90 Å². The molecule has 2 aromatic carbocycles. The first-order chi connectivity index (χ1) is 11.7. The van der Waals surface area contributed by atoms with E-state index in [-0.39, 0.29) is 11.8 Å². The number of piperazine rings is 1. The van der Waals surface area contributed by atoms with Gasteiger partial charge in [0.15, 0.2) is 0 Å². The third-order valence-corrected chi connectivity index (χ3v) is 4.03. The molecular weight excluding hydrogens is 304 g/mol. The first-order valence-corrected chi connectivity index (χ1v) is 7.76. The van der Waals surface area contributed by atoms with Crippen LogP contribution in [0.5, 0.6) is 5.75 Å². The summed E-state index contributed by atoms with van der Waals surface area (Å²) in [7, 11) is 0. The number of amides is 2. The Labute approximate surface area is 140 Å². The Morgan fingerprint density at radius 2 is 1.79 bits per heavy atom. The van der Waals surface area contributed by atoms with Crippen molar-refractivity contribution in [1.29, 1.82) is 5.26 Å². The van der Waals surface area contributed by atoms with E-state index >= 15 is 0 Å². The Morgan fingerprint density at radius 1 is 1.08 bits per heavy atom. The van der Waals surface area contributed by atoms with Crippen LogP contribution in [0.3, 0.4) is 0 Å². The van der Waals surface area contributed by atoms with Crippen LogP contribution in [0.1, 0.15) is 5.56 Å². The molecule has 2 amide bonds. The number of phenolic OH excluding ortho intramolecular Hbond substituents is 1. The summed E-state index contributed by atoms with van der Waals surface area (Å²) in [6.07, 6.45) is 0. The SMILES string of the molecule is N#Cc1ccc(NC(=O)N2CCN(c3cccc(O)c3)CC2)cc1. The van der Waals surface area contributed by atoms with E-state index < -0.39 is 0 Å². The number of nitrogens with one attached hydrogen (secondary N) is 1. The third-order valence-electron chi connectivity index (χ3n) is 4.03. The van der Waals surface area contributed by atoms with Crippen LogP contribution in [-0.4, -0.2) is 42.2 Å². The number of rotatable bonds is 2. The number of urea groups is 1. The molecule has 0 aliphatic carbocycles. The van der Waals surface area contributed by atoms with Crippen LogP contribution in [0.2, 0.25) is 0 Å². The fourth-order valence-electron chi connectivity index (χ4n) is 2.69. The number of carbonyl (C=O) groups excluding carboxylic acids is 1. The normalized spacial score (nSPS) is 14.1. The number of benzene rings is 2. The van der Waals surface area contributed by atoms with E-state index in [1.165, 1.54) is 0 Å². The van der Waals surface area contributed by atoms with Crippen LogP contribution in [0, 0.1) is 11.3 Å². The molecule has 0 unspecified atom stereocenters. The molecule has 6 heteroatoms. The molecular formula is C18H18N4O2. The highest BCUT2D eigenvalue weighted by molar-refractivity contribution is 5.89. The van der Waals surface area contributed by atoms with Gasteiger partial charge >= 0.3 is 6.03 Å². The molecule has 6 nitrogen and oxygen atoms in total. The van der Waals surface area contributed by atoms with Gasteiger partial charge in [0.2, 0.25) is 0 Å². The van der Waals surface area contributed by atoms with Crippen molar-refractivity contribution in [3.63, 3.8) is 0 Å². The van der Waals surface area contributed by atoms with Gasteiger partial charge in [0.05, 0.1) is 11.6 Å². The van der Waals surface area contributed by atoms with E-state index in [2.05, 4.69) is 10.2 Å². The maximum atomic E-state index is 12.3. The molecule has 24 heavy (non-hydrogen) atoms. The first-order valence-electron chi connectivity index (χ1n) is 7.76. The minimum atomic E-state index is -0.143. The van der Waals surface area contributed by atoms with Gasteiger partial charge in [0, 0.05) is 43.6 Å². The molecule has 2 N–H and O–H groups in total. The van der Waals surface area contributed by atoms with Crippen molar-refractivity contribution in [2.75, 3.05) is 36.4 Å². The second-order valence-electron chi connectivity index (χ2n) is 5.61. The predicted molar refractivity (Wildman–Crippen MR) is 92.1 cm³/mol. The zero-order valence-corrected chi connectivity index (χ0v) is 13.1. The lowest BCUT2D eigenvalue weighted by atomic mass is 10.2. The average molecular weight is 322 g/mol. The van der Waals surface area contributed by atoms with Crippen molar-refractivity contribution < 1.29 is 9.90 Å². The van der Waals surface area contributed by atoms with Gasteiger partial charge in [-0.15, -0.1) is 0 Å². The molecule has 3 rings (SSSR count). The van der Waals surface area contributed by atoms with Crippen molar-refractivity contribution in [2.24, 2.45) is 0 Å². The van der Waals surface area contributed by atoms with E-state index in [1.54, 1.807) is 41.3 Å². The van der Waals surface area contributed by atoms with E-state index in [1.807, 2.05) is 18.2 Å². The summed E-state index contributed by atoms with van der Waals surface area (Å²) in [6, 6.07) is 15.8. The van der Waals surface area contributed by atoms with Crippen LogP contribution in [0.15, 0.2) is 48.5 Å². The van der Waals surface area contributed by atoms with Gasteiger partial charge in [-0.2, -0.15) is 5.26 Å². The number of nitrogens with zero attached hydrogens (tertiary/aromatic N) is 3. The maximum Gasteiger partial charge on any atom is 0.321 e. The standard InChI is InChI=1S/C18H18N4O2/c19-13-14-4-6-15(7-5-14)20-18(24)22-10-8-21(9-11-22)16-2-1-3-17(23)12-16/h1-7,12,23H,8-11H2,(H,20,24). The number of phenols is 1. The lowest BCUT2D eigenvalue weighted by molar-refractivity contribution is 0.208. The van der Waals surface area contributed by atoms with E-state index in [9.17, 15) is 9.90 Å². The first kappa shape index (κ1) is 15.7. The van der Waals surface area contributed by atoms with E-state index in [0.29, 0.717) is 37.4 Å². The minimum absolute atomic E-state index is 0.143. The highest BCUT2D eigenvalue weighted by atomic mass is 16.3. The van der Waals surface area contributed by atoms with Gasteiger partial charge in [-0.3, -0.25) is 0 Å². The largest absolute Gasteiger partial charge is 0.508 e. The summed E-state index contributed by atoms with van der Waals surface area (Å²) in [5.74, 6) is 0.244. The molecule has 0 radical (unpaired) electrons. The molecule has 0 spiro atoms. The number of aromatic hydroxyl groups is 1. The minimum Gasteiger partial charge on any atom is -0.508 e. The van der Waals surface area contributed by atoms with Crippen LogP contribution in [0.4, 0.5) is 16.2 Å². The second kappa shape index (κ2) is 6.92. The van der Waals surface area contributed by atoms with Gasteiger partial charge in [0.25, 0.3) is 0 Å². The molecule has 0 saturated carbocycles. The molecule has 2 aromatic rings. The van der Waals surface area contributed by atoms with Gasteiger partial charge < -0.3 is 20.2 Å². The molecule has 1 aliphatic heterocycles. The lowest BCUT2D eigenvalue weighted by Gasteiger charge is -2.36. The highest BCUT2D eigenvalue weighted by Gasteiger charge is 2.21. The highest BCUT2D eigenvalue weighted by Crippen LogP contribution is 2.21. The van der Waals surface area contributed by atoms with Gasteiger partial charge in [-0.25, -0.2) is 4.79 Å². The van der Waals surface area contributed by atoms with Crippen LogP contribution in [0.25, 0.3) is 0 Å². The van der Waals surface area contributed by atoms with Gasteiger partial charge in [-0.1, -0.05) is 6.07 Å². The number of anilines is 2. The zero-order chi connectivity index (χ0) is 16.9. The molecule has 0 atom stereocenters. The number of hydrogen-bond acceptors (Lipinski definition) is 4. The molecule has 122 valence electrons. The van der Waals surface area contributed by atoms with Crippen molar-refractivity contribution in [2.45, 2.75) is 0 Å². The monoisotopic (exact) mass is 322 g/mol. The average Bonchev–Trinajstić information content (AvgIpc) is 2.62. The fraction of sp³-hybridized carbons (Fsp3) is 0.222. The predicted octanol–water partition coefficient (Wildman–Crippen LogP) is 2.62. The van der Waals surface area contributed by atoms with Crippen molar-refractivity contribution in [3.8, 4) is 11.8 Å². The van der Waals surface area contributed by atoms with Crippen molar-refractivity contribution in [3.05, 3.63) is 54.1 Å². The molecule has 1 heterocycles. The quantitative estimate of drug-likeness (QED) is 0.891. The summed E-state index contributed by atoms with van der Waals surface area (Å²) >= 11 is 0. The number of hydrogen-bond donors (Lipinski definition) is 2. The Bertz CT molecular complexity index is 759. The Morgan fingerprint density at radius 3 is 2.42 bits per heavy atom. The number of nitriles is 1. The lowest BCUT2D eigenvalue weighted by Crippen LogP contribution is -2.50. The van der Waals surface area contributed by atoms with Crippen LogP contribution in [-0.2, 0) is 0 Å². The van der Waals surface area contributed by atoms with E-state index in [0.717, 1.165) is 5.69 Å². The fourth-order valence-corrected chi connectivity index (χ4v) is 2.69. The van der Waals surface area contributed by atoms with Crippen LogP contribution < -0.4 is 10.2 Å². The molecule has 1 fully saturated rings. The second-order valence-corrected chi connectivity index (χ2v) is 5.61. The summed E-state index contributed by atoms with van der Waals surface area (Å²) in [5.41, 5.74) is 2.20. The smallest absolute Gasteiger partial charge is 0.321 e. The Balaban J connectivity index is 1.56. The topological polar surface area (TPSA) is 79.6 Å². The molecule has 1 saturated heterocycles. The van der Waals surface area contributed by atoms with Gasteiger partial charge in [-0.05, 0) is 36.4 Å². The Hall–Kier alpha value is -3.20. The summed E-state index contributed by atoms with van der Waals surface area (Å²) in [6.45, 7) is 2.64. The van der Waals surface area contributed by atoms with Crippen LogP contribution >= 0.6 is 0 Å². The molecule has 0 aromatic heterocycles. The number of carbonyl (C=O) groups is 1. The maximum absolute atomic E-state index is 12.3. The van der Waals surface area contributed by atoms with Gasteiger partial charge in [0.1, 0.15) is 5.75 Å². The Kier molecular flexibility index (Phi) is 4.52. The van der Waals surface area contributed by atoms with Crippen molar-refractivity contribution >= 4 is 17.4 Å². The molecule has 1 aliphatic rings. The van der Waals surface area contributed by atoms with E-state index in [4.69, 9.17) is 5.26 Å². The summed E-state index contributed by atoms with van der Waals surface area (Å²) < 4.78 is 0. The third kappa shape index (κ3) is 3.58. The summed E-state index contributed by atoms with van der Waals surface area (Å²) in [5, 5.41) is 21.2. The summed E-state index contributed by atoms with van der Waals surface area (Å²) in [4.78, 5) is 16.2. The zero-order valence-electron chi connectivity index (χ0n) is 13.1. The molecule has 0 bridgehead atoms.